The van der Waals surface area contributed by atoms with Crippen molar-refractivity contribution in [3.63, 3.8) is 0 Å². The quantitative estimate of drug-likeness (QED) is 0.800. The number of rotatable bonds is 6. The lowest BCUT2D eigenvalue weighted by Crippen LogP contribution is -2.44. The second kappa shape index (κ2) is 6.90. The molecule has 100 valence electrons. The summed E-state index contributed by atoms with van der Waals surface area (Å²) in [5.74, 6) is 0. The van der Waals surface area contributed by atoms with Crippen LogP contribution in [0.15, 0.2) is 60.9 Å². The fourth-order valence-corrected chi connectivity index (χ4v) is 2.17. The first-order chi connectivity index (χ1) is 9.29. The highest BCUT2D eigenvalue weighted by molar-refractivity contribution is 5.45. The molecule has 1 unspecified atom stereocenters. The first-order valence-electron chi connectivity index (χ1n) is 6.71. The third-order valence-corrected chi connectivity index (χ3v) is 3.13. The van der Waals surface area contributed by atoms with Gasteiger partial charge in [0.1, 0.15) is 6.10 Å². The smallest absolute Gasteiger partial charge is 0.175 e. The molecular formula is C16H21N2O+. The van der Waals surface area contributed by atoms with E-state index in [9.17, 15) is 5.11 Å². The van der Waals surface area contributed by atoms with E-state index < -0.39 is 0 Å². The predicted molar refractivity (Wildman–Crippen MR) is 77.0 cm³/mol. The van der Waals surface area contributed by atoms with E-state index in [2.05, 4.69) is 24.0 Å². The van der Waals surface area contributed by atoms with E-state index in [0.717, 1.165) is 12.2 Å². The molecule has 0 radical (unpaired) electrons. The summed E-state index contributed by atoms with van der Waals surface area (Å²) < 4.78 is 2.00. The highest BCUT2D eigenvalue weighted by Gasteiger charge is 2.14. The van der Waals surface area contributed by atoms with Crippen LogP contribution in [0.5, 0.6) is 0 Å². The number of hydrogen-bond acceptors (Lipinski definition) is 2. The third-order valence-electron chi connectivity index (χ3n) is 3.13. The number of para-hydroxylation sites is 1. The number of hydrogen-bond donors (Lipinski definition) is 1. The number of nitrogens with zero attached hydrogens (tertiary/aromatic N) is 2. The molecule has 0 fully saturated rings. The van der Waals surface area contributed by atoms with Crippen LogP contribution in [0.3, 0.4) is 0 Å². The van der Waals surface area contributed by atoms with Crippen LogP contribution >= 0.6 is 0 Å². The number of aliphatic hydroxyl groups excluding tert-OH is 1. The van der Waals surface area contributed by atoms with Gasteiger partial charge in [0.15, 0.2) is 18.9 Å². The molecule has 1 aromatic carbocycles. The van der Waals surface area contributed by atoms with Gasteiger partial charge in [-0.25, -0.2) is 4.57 Å². The highest BCUT2D eigenvalue weighted by atomic mass is 16.3. The Hall–Kier alpha value is -1.87. The standard InChI is InChI=1S/C16H21N2O/c1-2-18(15-9-5-3-6-10-15)14-16(19)13-17-11-7-4-8-12-17/h3-12,16,19H,2,13-14H2,1H3/q+1. The topological polar surface area (TPSA) is 27.3 Å². The number of pyridine rings is 1. The molecule has 0 bridgehead atoms. The van der Waals surface area contributed by atoms with Crippen molar-refractivity contribution in [2.24, 2.45) is 0 Å². The molecule has 0 saturated carbocycles. The summed E-state index contributed by atoms with van der Waals surface area (Å²) in [5, 5.41) is 10.2. The van der Waals surface area contributed by atoms with E-state index in [1.165, 1.54) is 0 Å². The molecule has 0 spiro atoms. The lowest BCUT2D eigenvalue weighted by molar-refractivity contribution is -0.703. The van der Waals surface area contributed by atoms with Crippen molar-refractivity contribution >= 4 is 5.69 Å². The van der Waals surface area contributed by atoms with Crippen molar-refractivity contribution in [2.75, 3.05) is 18.0 Å². The van der Waals surface area contributed by atoms with E-state index in [0.29, 0.717) is 13.1 Å². The molecule has 0 saturated heterocycles. The fraction of sp³-hybridized carbons (Fsp3) is 0.312. The van der Waals surface area contributed by atoms with Crippen LogP contribution in [0.1, 0.15) is 6.92 Å². The number of aromatic nitrogens is 1. The van der Waals surface area contributed by atoms with Crippen molar-refractivity contribution in [2.45, 2.75) is 19.6 Å². The molecule has 0 aliphatic rings. The first-order valence-corrected chi connectivity index (χ1v) is 6.71. The van der Waals surface area contributed by atoms with E-state index in [-0.39, 0.29) is 6.10 Å². The number of benzene rings is 1. The summed E-state index contributed by atoms with van der Waals surface area (Å²) >= 11 is 0. The zero-order valence-electron chi connectivity index (χ0n) is 11.3. The van der Waals surface area contributed by atoms with Crippen LogP contribution in [0.4, 0.5) is 5.69 Å². The molecule has 1 N–H and O–H groups in total. The Labute approximate surface area is 114 Å². The zero-order valence-corrected chi connectivity index (χ0v) is 11.3. The Morgan fingerprint density at radius 3 is 2.32 bits per heavy atom. The van der Waals surface area contributed by atoms with Gasteiger partial charge in [0.2, 0.25) is 0 Å². The molecule has 3 nitrogen and oxygen atoms in total. The van der Waals surface area contributed by atoms with Crippen LogP contribution < -0.4 is 9.47 Å². The number of aliphatic hydroxyl groups is 1. The van der Waals surface area contributed by atoms with Gasteiger partial charge in [-0.1, -0.05) is 24.3 Å². The highest BCUT2D eigenvalue weighted by Crippen LogP contribution is 2.13. The third kappa shape index (κ3) is 4.07. The zero-order chi connectivity index (χ0) is 13.5. The van der Waals surface area contributed by atoms with Gasteiger partial charge in [-0.2, -0.15) is 0 Å². The Morgan fingerprint density at radius 1 is 1.05 bits per heavy atom. The molecule has 1 heterocycles. The van der Waals surface area contributed by atoms with Gasteiger partial charge in [0.25, 0.3) is 0 Å². The van der Waals surface area contributed by atoms with Crippen LogP contribution in [-0.4, -0.2) is 24.3 Å². The van der Waals surface area contributed by atoms with Gasteiger partial charge in [-0.15, -0.1) is 0 Å². The summed E-state index contributed by atoms with van der Waals surface area (Å²) in [5.41, 5.74) is 1.15. The normalized spacial score (nSPS) is 12.1. The Kier molecular flexibility index (Phi) is 4.93. The molecular weight excluding hydrogens is 236 g/mol. The lowest BCUT2D eigenvalue weighted by atomic mass is 10.2. The first kappa shape index (κ1) is 13.6. The molecule has 1 atom stereocenters. The summed E-state index contributed by atoms with van der Waals surface area (Å²) in [6.07, 6.45) is 3.57. The maximum atomic E-state index is 10.2. The summed E-state index contributed by atoms with van der Waals surface area (Å²) in [4.78, 5) is 2.19. The minimum Gasteiger partial charge on any atom is -0.385 e. The van der Waals surface area contributed by atoms with Gasteiger partial charge < -0.3 is 10.0 Å². The van der Waals surface area contributed by atoms with Crippen molar-refractivity contribution in [3.8, 4) is 0 Å². The summed E-state index contributed by atoms with van der Waals surface area (Å²) in [6, 6.07) is 16.1. The Balaban J connectivity index is 1.95. The predicted octanol–water partition coefficient (Wildman–Crippen LogP) is 1.86. The van der Waals surface area contributed by atoms with Gasteiger partial charge in [0, 0.05) is 24.4 Å². The van der Waals surface area contributed by atoms with Crippen molar-refractivity contribution in [1.29, 1.82) is 0 Å². The molecule has 3 heteroatoms. The lowest BCUT2D eigenvalue weighted by Gasteiger charge is -2.24. The summed E-state index contributed by atoms with van der Waals surface area (Å²) in [7, 11) is 0. The average Bonchev–Trinajstić information content (AvgIpc) is 2.47. The fourth-order valence-electron chi connectivity index (χ4n) is 2.17. The van der Waals surface area contributed by atoms with Gasteiger partial charge in [0.05, 0.1) is 6.54 Å². The Bertz CT molecular complexity index is 473. The maximum Gasteiger partial charge on any atom is 0.175 e. The van der Waals surface area contributed by atoms with Gasteiger partial charge >= 0.3 is 0 Å². The van der Waals surface area contributed by atoms with Crippen molar-refractivity contribution in [1.82, 2.24) is 0 Å². The molecule has 1 aromatic heterocycles. The van der Waals surface area contributed by atoms with Crippen LogP contribution in [0, 0.1) is 0 Å². The maximum absolute atomic E-state index is 10.2. The minimum absolute atomic E-state index is 0.382. The monoisotopic (exact) mass is 257 g/mol. The van der Waals surface area contributed by atoms with Crippen LogP contribution in [-0.2, 0) is 6.54 Å². The molecule has 0 aliphatic heterocycles. The molecule has 0 amide bonds. The van der Waals surface area contributed by atoms with E-state index in [1.54, 1.807) is 0 Å². The molecule has 19 heavy (non-hydrogen) atoms. The minimum atomic E-state index is -0.382. The SMILES string of the molecule is CCN(CC(O)C[n+]1ccccc1)c1ccccc1. The largest absolute Gasteiger partial charge is 0.385 e. The second-order valence-electron chi connectivity index (χ2n) is 4.60. The second-order valence-corrected chi connectivity index (χ2v) is 4.60. The molecule has 2 rings (SSSR count). The molecule has 0 aliphatic carbocycles. The van der Waals surface area contributed by atoms with Crippen molar-refractivity contribution < 1.29 is 9.67 Å². The molecule has 2 aromatic rings. The van der Waals surface area contributed by atoms with Crippen molar-refractivity contribution in [3.05, 3.63) is 60.9 Å². The summed E-state index contributed by atoms with van der Waals surface area (Å²) in [6.45, 7) is 4.25. The van der Waals surface area contributed by atoms with Crippen LogP contribution in [0.25, 0.3) is 0 Å². The van der Waals surface area contributed by atoms with Gasteiger partial charge in [-0.3, -0.25) is 0 Å². The van der Waals surface area contributed by atoms with E-state index >= 15 is 0 Å². The number of likely N-dealkylation sites (N-methyl/N-ethyl adjacent to an activating group) is 1. The van der Waals surface area contributed by atoms with E-state index in [4.69, 9.17) is 0 Å². The van der Waals surface area contributed by atoms with Crippen LogP contribution in [0.2, 0.25) is 0 Å². The Morgan fingerprint density at radius 2 is 1.68 bits per heavy atom. The number of anilines is 1. The van der Waals surface area contributed by atoms with E-state index in [1.807, 2.05) is 53.4 Å². The van der Waals surface area contributed by atoms with Gasteiger partial charge in [-0.05, 0) is 19.1 Å². The average molecular weight is 257 g/mol.